The molecule has 0 radical (unpaired) electrons. The van der Waals surface area contributed by atoms with Crippen LogP contribution in [0.3, 0.4) is 0 Å². The van der Waals surface area contributed by atoms with Gasteiger partial charge in [0.1, 0.15) is 11.6 Å². The molecule has 0 aliphatic carbocycles. The molecule has 1 aliphatic rings. The summed E-state index contributed by atoms with van der Waals surface area (Å²) in [5.74, 6) is 2.59. The highest BCUT2D eigenvalue weighted by Crippen LogP contribution is 2.27. The smallest absolute Gasteiger partial charge is 0.260 e. The first-order valence-electron chi connectivity index (χ1n) is 10.3. The predicted octanol–water partition coefficient (Wildman–Crippen LogP) is 3.95. The van der Waals surface area contributed by atoms with Crippen LogP contribution < -0.4 is 4.74 Å². The molecule has 0 bridgehead atoms. The number of carbonyl (C=O) groups excluding carboxylic acids is 1. The van der Waals surface area contributed by atoms with Crippen molar-refractivity contribution in [3.63, 3.8) is 0 Å². The molecule has 0 spiro atoms. The minimum atomic E-state index is 0.0418. The Morgan fingerprint density at radius 2 is 1.97 bits per heavy atom. The quantitative estimate of drug-likeness (QED) is 0.660. The molecule has 1 amide bonds. The first-order chi connectivity index (χ1) is 14.0. The molecule has 4 rings (SSSR count). The average molecular weight is 393 g/mol. The van der Waals surface area contributed by atoms with Crippen molar-refractivity contribution < 1.29 is 9.53 Å². The lowest BCUT2D eigenvalue weighted by Gasteiger charge is -2.31. The number of nitrogens with zero attached hydrogens (tertiary/aromatic N) is 4. The maximum Gasteiger partial charge on any atom is 0.260 e. The van der Waals surface area contributed by atoms with Crippen molar-refractivity contribution in [3.05, 3.63) is 59.5 Å². The number of hydrogen-bond acceptors (Lipinski definition) is 4. The Morgan fingerprint density at radius 1 is 1.17 bits per heavy atom. The van der Waals surface area contributed by atoms with Crippen molar-refractivity contribution in [1.29, 1.82) is 0 Å². The predicted molar refractivity (Wildman–Crippen MR) is 112 cm³/mol. The second-order valence-electron chi connectivity index (χ2n) is 8.10. The Labute approximate surface area is 171 Å². The zero-order valence-corrected chi connectivity index (χ0v) is 17.3. The number of amides is 1. The monoisotopic (exact) mass is 392 g/mol. The van der Waals surface area contributed by atoms with Crippen LogP contribution in [-0.4, -0.2) is 45.1 Å². The number of aromatic nitrogens is 3. The molecule has 0 saturated carbocycles. The van der Waals surface area contributed by atoms with Gasteiger partial charge in [-0.05, 0) is 61.1 Å². The SMILES string of the molecule is Cc1cc(OCC(=O)N2CCC(c3nnc4ccccn34)CC2)ccc1C(C)C. The van der Waals surface area contributed by atoms with Gasteiger partial charge < -0.3 is 9.64 Å². The molecule has 0 atom stereocenters. The Hall–Kier alpha value is -2.89. The van der Waals surface area contributed by atoms with Crippen molar-refractivity contribution in [2.75, 3.05) is 19.7 Å². The molecular formula is C23H28N4O2. The fourth-order valence-corrected chi connectivity index (χ4v) is 4.15. The Kier molecular flexibility index (Phi) is 5.51. The van der Waals surface area contributed by atoms with E-state index in [0.29, 0.717) is 11.8 Å². The maximum atomic E-state index is 12.6. The summed E-state index contributed by atoms with van der Waals surface area (Å²) >= 11 is 0. The van der Waals surface area contributed by atoms with Crippen molar-refractivity contribution in [2.45, 2.75) is 45.4 Å². The van der Waals surface area contributed by atoms with E-state index in [0.717, 1.165) is 43.2 Å². The third-order valence-corrected chi connectivity index (χ3v) is 5.78. The van der Waals surface area contributed by atoms with Crippen molar-refractivity contribution in [3.8, 4) is 5.75 Å². The van der Waals surface area contributed by atoms with Gasteiger partial charge in [0.2, 0.25) is 0 Å². The largest absolute Gasteiger partial charge is 0.484 e. The van der Waals surface area contributed by atoms with Gasteiger partial charge in [0.15, 0.2) is 12.3 Å². The van der Waals surface area contributed by atoms with Crippen LogP contribution in [0.15, 0.2) is 42.6 Å². The first kappa shape index (κ1) is 19.4. The lowest BCUT2D eigenvalue weighted by Crippen LogP contribution is -2.40. The van der Waals surface area contributed by atoms with Crippen molar-refractivity contribution >= 4 is 11.6 Å². The van der Waals surface area contributed by atoms with Gasteiger partial charge in [0, 0.05) is 25.2 Å². The van der Waals surface area contributed by atoms with E-state index in [2.05, 4.69) is 41.4 Å². The zero-order chi connectivity index (χ0) is 20.4. The lowest BCUT2D eigenvalue weighted by molar-refractivity contribution is -0.134. The summed E-state index contributed by atoms with van der Waals surface area (Å²) in [6.45, 7) is 7.97. The molecule has 1 saturated heterocycles. The summed E-state index contributed by atoms with van der Waals surface area (Å²) in [4.78, 5) is 14.5. The van der Waals surface area contributed by atoms with Crippen LogP contribution in [0.2, 0.25) is 0 Å². The Morgan fingerprint density at radius 3 is 2.69 bits per heavy atom. The van der Waals surface area contributed by atoms with E-state index in [9.17, 15) is 4.79 Å². The molecular weight excluding hydrogens is 364 g/mol. The van der Waals surface area contributed by atoms with E-state index in [4.69, 9.17) is 4.74 Å². The minimum Gasteiger partial charge on any atom is -0.484 e. The molecule has 152 valence electrons. The van der Waals surface area contributed by atoms with Crippen LogP contribution in [0, 0.1) is 6.92 Å². The standard InChI is InChI=1S/C23H28N4O2/c1-16(2)20-8-7-19(14-17(20)3)29-15-22(28)26-12-9-18(10-13-26)23-25-24-21-6-4-5-11-27(21)23/h4-8,11,14,16,18H,9-10,12-13,15H2,1-3H3. The number of likely N-dealkylation sites (tertiary alicyclic amines) is 1. The van der Waals surface area contributed by atoms with Crippen LogP contribution in [-0.2, 0) is 4.79 Å². The first-order valence-corrected chi connectivity index (χ1v) is 10.3. The van der Waals surface area contributed by atoms with Gasteiger partial charge in [-0.1, -0.05) is 26.0 Å². The molecule has 29 heavy (non-hydrogen) atoms. The lowest BCUT2D eigenvalue weighted by atomic mass is 9.96. The minimum absolute atomic E-state index is 0.0418. The molecule has 3 heterocycles. The molecule has 3 aromatic rings. The summed E-state index contributed by atoms with van der Waals surface area (Å²) in [6.07, 6.45) is 3.79. The number of carbonyl (C=O) groups is 1. The topological polar surface area (TPSA) is 59.7 Å². The highest BCUT2D eigenvalue weighted by Gasteiger charge is 2.27. The number of aryl methyl sites for hydroxylation is 1. The fourth-order valence-electron chi connectivity index (χ4n) is 4.15. The number of benzene rings is 1. The number of piperidine rings is 1. The third-order valence-electron chi connectivity index (χ3n) is 5.78. The summed E-state index contributed by atoms with van der Waals surface area (Å²) in [5, 5.41) is 8.62. The van der Waals surface area contributed by atoms with Gasteiger partial charge in [0.25, 0.3) is 5.91 Å². The number of fused-ring (bicyclic) bond motifs is 1. The molecule has 2 aromatic heterocycles. The second-order valence-corrected chi connectivity index (χ2v) is 8.10. The van der Waals surface area contributed by atoms with E-state index < -0.39 is 0 Å². The highest BCUT2D eigenvalue weighted by molar-refractivity contribution is 5.77. The van der Waals surface area contributed by atoms with Crippen LogP contribution >= 0.6 is 0 Å². The summed E-state index contributed by atoms with van der Waals surface area (Å²) in [7, 11) is 0. The summed E-state index contributed by atoms with van der Waals surface area (Å²) in [6, 6.07) is 12.0. The molecule has 6 heteroatoms. The normalized spacial score (nSPS) is 15.2. The van der Waals surface area contributed by atoms with E-state index in [-0.39, 0.29) is 12.5 Å². The van der Waals surface area contributed by atoms with Gasteiger partial charge in [0.05, 0.1) is 0 Å². The second kappa shape index (κ2) is 8.23. The number of rotatable bonds is 5. The molecule has 1 fully saturated rings. The van der Waals surface area contributed by atoms with E-state index >= 15 is 0 Å². The number of hydrogen-bond donors (Lipinski definition) is 0. The fraction of sp³-hybridized carbons (Fsp3) is 0.435. The molecule has 0 N–H and O–H groups in total. The Balaban J connectivity index is 1.32. The number of ether oxygens (including phenoxy) is 1. The maximum absolute atomic E-state index is 12.6. The van der Waals surface area contributed by atoms with E-state index in [1.165, 1.54) is 11.1 Å². The van der Waals surface area contributed by atoms with Gasteiger partial charge in [-0.2, -0.15) is 0 Å². The van der Waals surface area contributed by atoms with Crippen LogP contribution in [0.1, 0.15) is 55.5 Å². The zero-order valence-electron chi connectivity index (χ0n) is 17.3. The Bertz CT molecular complexity index is 1000. The van der Waals surface area contributed by atoms with Gasteiger partial charge in [-0.25, -0.2) is 0 Å². The summed E-state index contributed by atoms with van der Waals surface area (Å²) < 4.78 is 7.83. The van der Waals surface area contributed by atoms with E-state index in [1.807, 2.05) is 41.4 Å². The van der Waals surface area contributed by atoms with Gasteiger partial charge >= 0.3 is 0 Å². The highest BCUT2D eigenvalue weighted by atomic mass is 16.5. The molecule has 1 aromatic carbocycles. The van der Waals surface area contributed by atoms with Crippen molar-refractivity contribution in [2.24, 2.45) is 0 Å². The summed E-state index contributed by atoms with van der Waals surface area (Å²) in [5.41, 5.74) is 3.38. The molecule has 0 unspecified atom stereocenters. The number of pyridine rings is 1. The average Bonchev–Trinajstić information content (AvgIpc) is 3.16. The van der Waals surface area contributed by atoms with Gasteiger partial charge in [-0.15, -0.1) is 10.2 Å². The molecule has 6 nitrogen and oxygen atoms in total. The van der Waals surface area contributed by atoms with E-state index in [1.54, 1.807) is 0 Å². The van der Waals surface area contributed by atoms with Crippen LogP contribution in [0.4, 0.5) is 0 Å². The van der Waals surface area contributed by atoms with Gasteiger partial charge in [-0.3, -0.25) is 9.20 Å². The van der Waals surface area contributed by atoms with Crippen LogP contribution in [0.25, 0.3) is 5.65 Å². The van der Waals surface area contributed by atoms with Crippen LogP contribution in [0.5, 0.6) is 5.75 Å². The molecule has 1 aliphatic heterocycles. The van der Waals surface area contributed by atoms with Crippen molar-refractivity contribution in [1.82, 2.24) is 19.5 Å². The third kappa shape index (κ3) is 4.11.